The SMILES string of the molecule is [CH2]C1([CH2])COc2ccc(C)cc2C1=O. The summed E-state index contributed by atoms with van der Waals surface area (Å²) in [5.74, 6) is 0.603. The van der Waals surface area contributed by atoms with E-state index in [0.29, 0.717) is 11.3 Å². The Hall–Kier alpha value is -1.31. The molecule has 1 aliphatic rings. The highest BCUT2D eigenvalue weighted by Gasteiger charge is 2.35. The first-order valence-electron chi connectivity index (χ1n) is 4.50. The van der Waals surface area contributed by atoms with Crippen LogP contribution in [0.15, 0.2) is 18.2 Å². The topological polar surface area (TPSA) is 26.3 Å². The average molecular weight is 188 g/mol. The van der Waals surface area contributed by atoms with Gasteiger partial charge < -0.3 is 4.74 Å². The van der Waals surface area contributed by atoms with Crippen molar-refractivity contribution in [2.24, 2.45) is 5.41 Å². The van der Waals surface area contributed by atoms with Crippen molar-refractivity contribution in [1.29, 1.82) is 0 Å². The second kappa shape index (κ2) is 2.84. The van der Waals surface area contributed by atoms with Gasteiger partial charge in [0, 0.05) is 0 Å². The molecule has 1 heterocycles. The Labute approximate surface area is 83.9 Å². The fourth-order valence-electron chi connectivity index (χ4n) is 1.51. The number of aryl methyl sites for hydroxylation is 1. The van der Waals surface area contributed by atoms with Crippen LogP contribution in [0, 0.1) is 26.2 Å². The third-order valence-electron chi connectivity index (χ3n) is 2.37. The van der Waals surface area contributed by atoms with Crippen molar-refractivity contribution < 1.29 is 9.53 Å². The lowest BCUT2D eigenvalue weighted by molar-refractivity contribution is 0.0781. The Morgan fingerprint density at radius 2 is 2.14 bits per heavy atom. The molecular formula is C12H12O2. The molecule has 2 rings (SSSR count). The number of rotatable bonds is 0. The predicted molar refractivity (Wildman–Crippen MR) is 54.2 cm³/mol. The molecule has 2 heteroatoms. The van der Waals surface area contributed by atoms with Crippen LogP contribution in [0.1, 0.15) is 15.9 Å². The molecule has 2 nitrogen and oxygen atoms in total. The van der Waals surface area contributed by atoms with E-state index in [9.17, 15) is 4.79 Å². The average Bonchev–Trinajstić information content (AvgIpc) is 2.13. The highest BCUT2D eigenvalue weighted by Crippen LogP contribution is 2.33. The maximum atomic E-state index is 11.9. The van der Waals surface area contributed by atoms with E-state index < -0.39 is 5.41 Å². The van der Waals surface area contributed by atoms with Gasteiger partial charge in [-0.3, -0.25) is 4.79 Å². The molecule has 1 aromatic carbocycles. The molecule has 0 fully saturated rings. The Balaban J connectivity index is 2.54. The number of ketones is 1. The second-order valence-electron chi connectivity index (χ2n) is 3.90. The van der Waals surface area contributed by atoms with Gasteiger partial charge in [-0.05, 0) is 32.9 Å². The van der Waals surface area contributed by atoms with Gasteiger partial charge in [-0.1, -0.05) is 11.6 Å². The van der Waals surface area contributed by atoms with Gasteiger partial charge in [0.05, 0.1) is 11.0 Å². The first-order valence-corrected chi connectivity index (χ1v) is 4.50. The summed E-state index contributed by atoms with van der Waals surface area (Å²) < 4.78 is 5.42. The molecule has 0 N–H and O–H groups in total. The van der Waals surface area contributed by atoms with Crippen LogP contribution in [0.25, 0.3) is 0 Å². The molecule has 0 aromatic heterocycles. The quantitative estimate of drug-likeness (QED) is 0.624. The number of Topliss-reactive ketones (excluding diaryl/α,β-unsaturated/α-hetero) is 1. The Bertz CT molecular complexity index is 391. The molecule has 0 atom stereocenters. The predicted octanol–water partition coefficient (Wildman–Crippen LogP) is 2.22. The van der Waals surface area contributed by atoms with Gasteiger partial charge >= 0.3 is 0 Å². The summed E-state index contributed by atoms with van der Waals surface area (Å²) >= 11 is 0. The van der Waals surface area contributed by atoms with Gasteiger partial charge in [0.2, 0.25) is 0 Å². The molecule has 1 aliphatic heterocycles. The molecule has 0 unspecified atom stereocenters. The van der Waals surface area contributed by atoms with E-state index in [1.807, 2.05) is 25.1 Å². The van der Waals surface area contributed by atoms with Gasteiger partial charge in [0.15, 0.2) is 5.78 Å². The first-order chi connectivity index (χ1) is 6.50. The lowest BCUT2D eigenvalue weighted by Crippen LogP contribution is -2.36. The van der Waals surface area contributed by atoms with E-state index in [-0.39, 0.29) is 12.4 Å². The fourth-order valence-corrected chi connectivity index (χ4v) is 1.51. The van der Waals surface area contributed by atoms with E-state index in [0.717, 1.165) is 5.56 Å². The van der Waals surface area contributed by atoms with Gasteiger partial charge in [0.1, 0.15) is 12.4 Å². The molecule has 0 saturated carbocycles. The minimum Gasteiger partial charge on any atom is -0.492 e. The Morgan fingerprint density at radius 3 is 2.86 bits per heavy atom. The van der Waals surface area contributed by atoms with Crippen molar-refractivity contribution in [3.05, 3.63) is 43.2 Å². The minimum absolute atomic E-state index is 0.0394. The standard InChI is InChI=1S/C12H12O2/c1-8-4-5-10-9(6-8)11(13)12(2,3)7-14-10/h4-6H,2-3,7H2,1H3. The summed E-state index contributed by atoms with van der Waals surface area (Å²) in [5.41, 5.74) is 0.750. The van der Waals surface area contributed by atoms with Gasteiger partial charge in [-0.2, -0.15) is 0 Å². The second-order valence-corrected chi connectivity index (χ2v) is 3.90. The van der Waals surface area contributed by atoms with Crippen molar-refractivity contribution in [3.63, 3.8) is 0 Å². The zero-order valence-corrected chi connectivity index (χ0v) is 8.17. The van der Waals surface area contributed by atoms with Crippen LogP contribution >= 0.6 is 0 Å². The van der Waals surface area contributed by atoms with E-state index in [1.165, 1.54) is 0 Å². The number of hydrogen-bond donors (Lipinski definition) is 0. The van der Waals surface area contributed by atoms with Crippen molar-refractivity contribution in [2.45, 2.75) is 6.92 Å². The van der Waals surface area contributed by atoms with Crippen LogP contribution in [0.2, 0.25) is 0 Å². The lowest BCUT2D eigenvalue weighted by atomic mass is 9.82. The summed E-state index contributed by atoms with van der Waals surface area (Å²) in [5, 5.41) is 0. The molecule has 0 saturated heterocycles. The molecule has 0 bridgehead atoms. The van der Waals surface area contributed by atoms with Gasteiger partial charge in [-0.15, -0.1) is 0 Å². The maximum absolute atomic E-state index is 11.9. The van der Waals surface area contributed by atoms with Crippen LogP contribution in [-0.4, -0.2) is 12.4 Å². The molecule has 0 amide bonds. The molecule has 14 heavy (non-hydrogen) atoms. The third kappa shape index (κ3) is 1.31. The molecule has 0 spiro atoms. The van der Waals surface area contributed by atoms with Crippen LogP contribution in [0.3, 0.4) is 0 Å². The number of ether oxygens (including phenoxy) is 1. The van der Waals surface area contributed by atoms with Crippen LogP contribution in [-0.2, 0) is 0 Å². The number of hydrogen-bond acceptors (Lipinski definition) is 2. The highest BCUT2D eigenvalue weighted by atomic mass is 16.5. The molecule has 1 aromatic rings. The van der Waals surface area contributed by atoms with E-state index in [4.69, 9.17) is 4.74 Å². The number of carbonyl (C=O) groups is 1. The summed E-state index contributed by atoms with van der Waals surface area (Å²) in [6.07, 6.45) is 0. The van der Waals surface area contributed by atoms with Gasteiger partial charge in [0.25, 0.3) is 0 Å². The van der Waals surface area contributed by atoms with Crippen molar-refractivity contribution in [2.75, 3.05) is 6.61 Å². The van der Waals surface area contributed by atoms with Crippen molar-refractivity contribution in [3.8, 4) is 5.75 Å². The van der Waals surface area contributed by atoms with Crippen LogP contribution in [0.4, 0.5) is 0 Å². The zero-order valence-electron chi connectivity index (χ0n) is 8.17. The monoisotopic (exact) mass is 188 g/mol. The number of carbonyl (C=O) groups excluding carboxylic acids is 1. The Morgan fingerprint density at radius 1 is 1.43 bits per heavy atom. The molecule has 2 radical (unpaired) electrons. The molecule has 72 valence electrons. The highest BCUT2D eigenvalue weighted by molar-refractivity contribution is 6.04. The van der Waals surface area contributed by atoms with E-state index >= 15 is 0 Å². The molecular weight excluding hydrogens is 176 g/mol. The van der Waals surface area contributed by atoms with Crippen LogP contribution in [0.5, 0.6) is 5.75 Å². The third-order valence-corrected chi connectivity index (χ3v) is 2.37. The first kappa shape index (κ1) is 9.25. The van der Waals surface area contributed by atoms with Crippen molar-refractivity contribution in [1.82, 2.24) is 0 Å². The zero-order chi connectivity index (χ0) is 10.3. The summed E-state index contributed by atoms with van der Waals surface area (Å²) in [6, 6.07) is 5.56. The Kier molecular flexibility index (Phi) is 1.88. The number of fused-ring (bicyclic) bond motifs is 1. The summed E-state index contributed by atoms with van der Waals surface area (Å²) in [6.45, 7) is 9.70. The molecule has 0 aliphatic carbocycles. The normalized spacial score (nSPS) is 18.6. The van der Waals surface area contributed by atoms with E-state index in [2.05, 4.69) is 13.8 Å². The van der Waals surface area contributed by atoms with E-state index in [1.54, 1.807) is 0 Å². The summed E-state index contributed by atoms with van der Waals surface area (Å²) in [7, 11) is 0. The summed E-state index contributed by atoms with van der Waals surface area (Å²) in [4.78, 5) is 11.9. The fraction of sp³-hybridized carbons (Fsp3) is 0.250. The maximum Gasteiger partial charge on any atom is 0.176 e. The minimum atomic E-state index is -0.888. The lowest BCUT2D eigenvalue weighted by Gasteiger charge is -2.29. The number of benzene rings is 1. The smallest absolute Gasteiger partial charge is 0.176 e. The van der Waals surface area contributed by atoms with Crippen molar-refractivity contribution >= 4 is 5.78 Å². The largest absolute Gasteiger partial charge is 0.492 e. The van der Waals surface area contributed by atoms with Gasteiger partial charge in [-0.25, -0.2) is 0 Å². The van der Waals surface area contributed by atoms with Crippen LogP contribution < -0.4 is 4.74 Å².